The van der Waals surface area contributed by atoms with Crippen LogP contribution in [0.4, 0.5) is 0 Å². The SMILES string of the molecule is CC(C)CC(=O)NC(C(=O)CC(C)C(NC(CC(C)C)C(O)CC(=O)NC(CO)C(=O)NC(CC(C)C)C(O)CC(=O)O)C(N)=O)C(C)C. The second-order valence-corrected chi connectivity index (χ2v) is 14.8. The zero-order valence-electron chi connectivity index (χ0n) is 30.7. The van der Waals surface area contributed by atoms with Gasteiger partial charge in [0.2, 0.25) is 23.6 Å². The molecule has 49 heavy (non-hydrogen) atoms. The lowest BCUT2D eigenvalue weighted by atomic mass is 9.87. The number of amides is 4. The lowest BCUT2D eigenvalue weighted by molar-refractivity contribution is -0.140. The Morgan fingerprint density at radius 3 is 1.59 bits per heavy atom. The van der Waals surface area contributed by atoms with Gasteiger partial charge in [-0.2, -0.15) is 0 Å². The second kappa shape index (κ2) is 22.6. The predicted molar refractivity (Wildman–Crippen MR) is 184 cm³/mol. The summed E-state index contributed by atoms with van der Waals surface area (Å²) in [5.41, 5.74) is 5.73. The van der Waals surface area contributed by atoms with E-state index in [1.165, 1.54) is 0 Å². The summed E-state index contributed by atoms with van der Waals surface area (Å²) in [6.45, 7) is 15.6. The van der Waals surface area contributed by atoms with Crippen molar-refractivity contribution in [2.45, 2.75) is 143 Å². The number of hydrogen-bond donors (Lipinski definition) is 9. The Labute approximate surface area is 290 Å². The Bertz CT molecular complexity index is 1080. The summed E-state index contributed by atoms with van der Waals surface area (Å²) in [6.07, 6.45) is -3.21. The van der Waals surface area contributed by atoms with Crippen molar-refractivity contribution in [2.75, 3.05) is 6.61 Å². The van der Waals surface area contributed by atoms with E-state index in [1.807, 2.05) is 55.4 Å². The van der Waals surface area contributed by atoms with E-state index >= 15 is 0 Å². The van der Waals surface area contributed by atoms with Crippen molar-refractivity contribution >= 4 is 35.4 Å². The van der Waals surface area contributed by atoms with Gasteiger partial charge in [-0.05, 0) is 42.4 Å². The monoisotopic (exact) mass is 701 g/mol. The molecule has 0 bridgehead atoms. The summed E-state index contributed by atoms with van der Waals surface area (Å²) < 4.78 is 0. The van der Waals surface area contributed by atoms with Crippen LogP contribution in [-0.4, -0.2) is 105 Å². The molecule has 8 atom stereocenters. The van der Waals surface area contributed by atoms with Crippen LogP contribution >= 0.6 is 0 Å². The molecule has 0 heterocycles. The number of carboxylic acids is 1. The van der Waals surface area contributed by atoms with Crippen LogP contribution in [0.2, 0.25) is 0 Å². The van der Waals surface area contributed by atoms with Gasteiger partial charge in [-0.1, -0.05) is 62.3 Å². The predicted octanol–water partition coefficient (Wildman–Crippen LogP) is 0.221. The van der Waals surface area contributed by atoms with Crippen LogP contribution in [0.15, 0.2) is 0 Å². The van der Waals surface area contributed by atoms with Crippen molar-refractivity contribution in [1.82, 2.24) is 21.3 Å². The number of Topliss-reactive ketones (excluding diaryl/α,β-unsaturated/α-hetero) is 1. The third-order valence-corrected chi connectivity index (χ3v) is 8.04. The average molecular weight is 702 g/mol. The topological polar surface area (TPSA) is 257 Å². The molecule has 0 aliphatic heterocycles. The number of ketones is 1. The first kappa shape index (κ1) is 45.9. The van der Waals surface area contributed by atoms with Crippen molar-refractivity contribution in [2.24, 2.45) is 35.3 Å². The molecule has 0 aromatic carbocycles. The number of aliphatic hydroxyl groups is 3. The van der Waals surface area contributed by atoms with E-state index in [9.17, 15) is 44.1 Å². The number of aliphatic hydroxyl groups excluding tert-OH is 3. The Morgan fingerprint density at radius 2 is 1.14 bits per heavy atom. The standard InChI is InChI=1S/C34H63N5O10/c1-17(2)10-22(37-32(33(35)48)21(9)13-27(43)31(20(7)8)39-28(44)12-19(5)6)25(41)14-29(45)36-24(16-40)34(49)38-23(11-18(3)4)26(42)15-30(46)47/h17-26,31-32,37,40-42H,10-16H2,1-9H3,(H2,35,48)(H,36,45)(H,38,49)(H,39,44)(H,46,47). The van der Waals surface area contributed by atoms with Crippen molar-refractivity contribution < 1.29 is 49.2 Å². The molecule has 15 heteroatoms. The number of hydrogen-bond acceptors (Lipinski definition) is 10. The Morgan fingerprint density at radius 1 is 0.633 bits per heavy atom. The lowest BCUT2D eigenvalue weighted by Crippen LogP contribution is -2.57. The first-order chi connectivity index (χ1) is 22.6. The van der Waals surface area contributed by atoms with Gasteiger partial charge < -0.3 is 47.4 Å². The van der Waals surface area contributed by atoms with E-state index < -0.39 is 91.5 Å². The molecule has 284 valence electrons. The smallest absolute Gasteiger partial charge is 0.306 e. The van der Waals surface area contributed by atoms with Crippen LogP contribution in [0.25, 0.3) is 0 Å². The first-order valence-electron chi connectivity index (χ1n) is 17.2. The maximum atomic E-state index is 13.3. The van der Waals surface area contributed by atoms with Crippen LogP contribution < -0.4 is 27.0 Å². The van der Waals surface area contributed by atoms with Crippen LogP contribution in [0.1, 0.15) is 101 Å². The lowest BCUT2D eigenvalue weighted by Gasteiger charge is -2.32. The third-order valence-electron chi connectivity index (χ3n) is 8.04. The molecule has 4 amide bonds. The van der Waals surface area contributed by atoms with E-state index in [0.29, 0.717) is 6.42 Å². The molecule has 0 aromatic heterocycles. The molecule has 0 spiro atoms. The zero-order chi connectivity index (χ0) is 38.2. The van der Waals surface area contributed by atoms with Gasteiger partial charge in [-0.3, -0.25) is 28.8 Å². The minimum Gasteiger partial charge on any atom is -0.481 e. The molecule has 0 saturated heterocycles. The van der Waals surface area contributed by atoms with Gasteiger partial charge in [-0.25, -0.2) is 0 Å². The molecule has 0 aromatic rings. The number of rotatable bonds is 25. The number of nitrogens with two attached hydrogens (primary N) is 1. The molecule has 10 N–H and O–H groups in total. The number of carboxylic acid groups (broad SMARTS) is 1. The van der Waals surface area contributed by atoms with Crippen molar-refractivity contribution in [3.8, 4) is 0 Å². The maximum absolute atomic E-state index is 13.3. The molecule has 0 radical (unpaired) electrons. The van der Waals surface area contributed by atoms with Crippen molar-refractivity contribution in [3.63, 3.8) is 0 Å². The molecular weight excluding hydrogens is 638 g/mol. The quantitative estimate of drug-likeness (QED) is 0.0622. The summed E-state index contributed by atoms with van der Waals surface area (Å²) in [6, 6.07) is -5.08. The van der Waals surface area contributed by atoms with E-state index in [4.69, 9.17) is 10.8 Å². The van der Waals surface area contributed by atoms with Gasteiger partial charge in [0.05, 0.1) is 49.8 Å². The molecular formula is C34H63N5O10. The zero-order valence-corrected chi connectivity index (χ0v) is 30.7. The van der Waals surface area contributed by atoms with Gasteiger partial charge in [-0.15, -0.1) is 0 Å². The summed E-state index contributed by atoms with van der Waals surface area (Å²) in [5.74, 6) is -4.94. The van der Waals surface area contributed by atoms with Gasteiger partial charge in [0.15, 0.2) is 5.78 Å². The highest BCUT2D eigenvalue weighted by Gasteiger charge is 2.35. The normalized spacial score (nSPS) is 16.7. The molecule has 0 aliphatic carbocycles. The van der Waals surface area contributed by atoms with E-state index in [-0.39, 0.29) is 54.6 Å². The van der Waals surface area contributed by atoms with E-state index in [2.05, 4.69) is 21.3 Å². The van der Waals surface area contributed by atoms with E-state index in [0.717, 1.165) is 0 Å². The Kier molecular flexibility index (Phi) is 21.1. The molecule has 0 saturated carbocycles. The van der Waals surface area contributed by atoms with E-state index in [1.54, 1.807) is 6.92 Å². The van der Waals surface area contributed by atoms with Gasteiger partial charge in [0, 0.05) is 18.9 Å². The van der Waals surface area contributed by atoms with Gasteiger partial charge in [0.25, 0.3) is 0 Å². The van der Waals surface area contributed by atoms with Gasteiger partial charge in [0.1, 0.15) is 6.04 Å². The fourth-order valence-electron chi connectivity index (χ4n) is 5.59. The maximum Gasteiger partial charge on any atom is 0.306 e. The van der Waals surface area contributed by atoms with Crippen LogP contribution in [-0.2, 0) is 28.8 Å². The highest BCUT2D eigenvalue weighted by Crippen LogP contribution is 2.19. The number of carbonyl (C=O) groups excluding carboxylic acids is 5. The second-order valence-electron chi connectivity index (χ2n) is 14.8. The van der Waals surface area contributed by atoms with Crippen LogP contribution in [0.3, 0.4) is 0 Å². The van der Waals surface area contributed by atoms with Crippen LogP contribution in [0, 0.1) is 29.6 Å². The summed E-state index contributed by atoms with van der Waals surface area (Å²) in [5, 5.41) is 51.1. The van der Waals surface area contributed by atoms with Crippen molar-refractivity contribution in [3.05, 3.63) is 0 Å². The largest absolute Gasteiger partial charge is 0.481 e. The fraction of sp³-hybridized carbons (Fsp3) is 0.824. The number of aliphatic carboxylic acids is 1. The minimum absolute atomic E-state index is 0.00624. The minimum atomic E-state index is -1.46. The summed E-state index contributed by atoms with van der Waals surface area (Å²) in [4.78, 5) is 75.3. The molecule has 0 aliphatic rings. The van der Waals surface area contributed by atoms with Crippen molar-refractivity contribution in [1.29, 1.82) is 0 Å². The summed E-state index contributed by atoms with van der Waals surface area (Å²) in [7, 11) is 0. The highest BCUT2D eigenvalue weighted by molar-refractivity contribution is 5.90. The molecule has 0 rings (SSSR count). The molecule has 8 unspecified atom stereocenters. The first-order valence-corrected chi connectivity index (χ1v) is 17.2. The van der Waals surface area contributed by atoms with Gasteiger partial charge >= 0.3 is 5.97 Å². The fourth-order valence-corrected chi connectivity index (χ4v) is 5.59. The molecule has 15 nitrogen and oxygen atoms in total. The third kappa shape index (κ3) is 18.4. The number of primary amides is 1. The average Bonchev–Trinajstić information content (AvgIpc) is 2.94. The summed E-state index contributed by atoms with van der Waals surface area (Å²) >= 11 is 0. The number of nitrogens with one attached hydrogen (secondary N) is 4. The number of carbonyl (C=O) groups is 6. The Hall–Kier alpha value is -3.14. The van der Waals surface area contributed by atoms with Crippen LogP contribution in [0.5, 0.6) is 0 Å². The molecule has 0 fully saturated rings. The highest BCUT2D eigenvalue weighted by atomic mass is 16.4. The Balaban J connectivity index is 5.74.